The van der Waals surface area contributed by atoms with Crippen molar-refractivity contribution in [2.24, 2.45) is 0 Å². The van der Waals surface area contributed by atoms with Gasteiger partial charge in [0.15, 0.2) is 5.76 Å². The molecular weight excluding hydrogens is 252 g/mol. The van der Waals surface area contributed by atoms with E-state index in [1.165, 1.54) is 0 Å². The fourth-order valence-corrected chi connectivity index (χ4v) is 1.80. The average Bonchev–Trinajstić information content (AvgIpc) is 2.49. The topological polar surface area (TPSA) is 35.5 Å². The summed E-state index contributed by atoms with van der Waals surface area (Å²) in [6.07, 6.45) is 0. The molecule has 0 N–H and O–H groups in total. The van der Waals surface area contributed by atoms with Gasteiger partial charge in [-0.25, -0.2) is 4.79 Å². The van der Waals surface area contributed by atoms with E-state index in [9.17, 15) is 4.79 Å². The lowest BCUT2D eigenvalue weighted by molar-refractivity contribution is -0.133. The lowest BCUT2D eigenvalue weighted by Gasteiger charge is -2.11. The van der Waals surface area contributed by atoms with E-state index in [0.29, 0.717) is 12.4 Å². The number of rotatable bonds is 5. The van der Waals surface area contributed by atoms with Gasteiger partial charge in [0, 0.05) is 5.56 Å². The van der Waals surface area contributed by atoms with Gasteiger partial charge < -0.3 is 9.47 Å². The van der Waals surface area contributed by atoms with Crippen molar-refractivity contribution in [2.45, 2.75) is 6.92 Å². The van der Waals surface area contributed by atoms with Crippen LogP contribution >= 0.6 is 0 Å². The lowest BCUT2D eigenvalue weighted by atomic mass is 10.1. The maximum Gasteiger partial charge on any atom is 0.378 e. The molecule has 0 fully saturated rings. The van der Waals surface area contributed by atoms with Crippen LogP contribution in [0.15, 0.2) is 66.9 Å². The predicted octanol–water partition coefficient (Wildman–Crippen LogP) is 3.81. The predicted molar refractivity (Wildman–Crippen MR) is 78.3 cm³/mol. The summed E-state index contributed by atoms with van der Waals surface area (Å²) >= 11 is 0. The Morgan fingerprint density at radius 2 is 1.70 bits per heavy atom. The van der Waals surface area contributed by atoms with Crippen LogP contribution in [0.2, 0.25) is 0 Å². The minimum absolute atomic E-state index is 0.00960. The highest BCUT2D eigenvalue weighted by Gasteiger charge is 2.13. The first kappa shape index (κ1) is 13.9. The van der Waals surface area contributed by atoms with E-state index in [4.69, 9.17) is 9.47 Å². The molecule has 2 rings (SSSR count). The Balaban J connectivity index is 2.25. The van der Waals surface area contributed by atoms with E-state index >= 15 is 0 Å². The monoisotopic (exact) mass is 268 g/mol. The molecule has 0 aliphatic rings. The molecule has 0 spiro atoms. The van der Waals surface area contributed by atoms with E-state index in [0.717, 1.165) is 11.1 Å². The molecule has 0 radical (unpaired) electrons. The average molecular weight is 268 g/mol. The quantitative estimate of drug-likeness (QED) is 0.358. The van der Waals surface area contributed by atoms with Gasteiger partial charge in [0.2, 0.25) is 0 Å². The van der Waals surface area contributed by atoms with E-state index in [1.807, 2.05) is 48.5 Å². The molecule has 0 heterocycles. The molecule has 20 heavy (non-hydrogen) atoms. The van der Waals surface area contributed by atoms with Crippen molar-refractivity contribution in [3.05, 3.63) is 66.9 Å². The Hall–Kier alpha value is -2.55. The lowest BCUT2D eigenvalue weighted by Crippen LogP contribution is -2.13. The molecule has 0 aliphatic carbocycles. The molecule has 3 nitrogen and oxygen atoms in total. The van der Waals surface area contributed by atoms with Crippen molar-refractivity contribution in [2.75, 3.05) is 6.61 Å². The Morgan fingerprint density at radius 1 is 1.05 bits per heavy atom. The largest absolute Gasteiger partial charge is 0.487 e. The second-order valence-electron chi connectivity index (χ2n) is 4.11. The van der Waals surface area contributed by atoms with E-state index < -0.39 is 5.97 Å². The van der Waals surface area contributed by atoms with Gasteiger partial charge in [-0.3, -0.25) is 0 Å². The summed E-state index contributed by atoms with van der Waals surface area (Å²) in [6, 6.07) is 17.1. The summed E-state index contributed by atoms with van der Waals surface area (Å²) in [6.45, 7) is 5.72. The number of esters is 1. The first-order valence-electron chi connectivity index (χ1n) is 6.40. The molecule has 0 unspecified atom stereocenters. The van der Waals surface area contributed by atoms with Gasteiger partial charge >= 0.3 is 5.97 Å². The molecule has 0 atom stereocenters. The summed E-state index contributed by atoms with van der Waals surface area (Å²) in [4.78, 5) is 11.8. The molecular formula is C17H16O3. The minimum Gasteiger partial charge on any atom is -0.487 e. The van der Waals surface area contributed by atoms with E-state index in [2.05, 4.69) is 6.58 Å². The van der Waals surface area contributed by atoms with Gasteiger partial charge in [0.1, 0.15) is 5.75 Å². The van der Waals surface area contributed by atoms with Crippen molar-refractivity contribution in [3.8, 4) is 16.9 Å². The second-order valence-corrected chi connectivity index (χ2v) is 4.11. The standard InChI is InChI=1S/C17H16O3/c1-3-19-13(2)17(18)20-16-12-8-7-11-15(16)14-9-5-4-6-10-14/h4-12H,2-3H2,1H3. The molecule has 0 amide bonds. The first-order chi connectivity index (χ1) is 9.72. The van der Waals surface area contributed by atoms with Crippen molar-refractivity contribution in [1.29, 1.82) is 0 Å². The molecule has 0 bridgehead atoms. The first-order valence-corrected chi connectivity index (χ1v) is 6.40. The smallest absolute Gasteiger partial charge is 0.378 e. The van der Waals surface area contributed by atoms with Crippen LogP contribution in [0.25, 0.3) is 11.1 Å². The third-order valence-corrected chi connectivity index (χ3v) is 2.72. The molecule has 0 saturated heterocycles. The molecule has 102 valence electrons. The van der Waals surface area contributed by atoms with Crippen molar-refractivity contribution in [1.82, 2.24) is 0 Å². The Morgan fingerprint density at radius 3 is 2.40 bits per heavy atom. The Labute approximate surface area is 118 Å². The maximum atomic E-state index is 11.8. The number of carbonyl (C=O) groups excluding carboxylic acids is 1. The molecule has 2 aromatic rings. The second kappa shape index (κ2) is 6.57. The Kier molecular flexibility index (Phi) is 4.56. The number of hydrogen-bond donors (Lipinski definition) is 0. The number of benzene rings is 2. The van der Waals surface area contributed by atoms with Crippen LogP contribution in [-0.2, 0) is 9.53 Å². The molecule has 0 saturated carbocycles. The molecule has 0 aliphatic heterocycles. The van der Waals surface area contributed by atoms with Gasteiger partial charge in [0.05, 0.1) is 6.61 Å². The number of hydrogen-bond acceptors (Lipinski definition) is 3. The highest BCUT2D eigenvalue weighted by atomic mass is 16.6. The van der Waals surface area contributed by atoms with Crippen molar-refractivity contribution < 1.29 is 14.3 Å². The fourth-order valence-electron chi connectivity index (χ4n) is 1.80. The van der Waals surface area contributed by atoms with Crippen LogP contribution in [0.3, 0.4) is 0 Å². The van der Waals surface area contributed by atoms with E-state index in [-0.39, 0.29) is 5.76 Å². The van der Waals surface area contributed by atoms with Gasteiger partial charge in [-0.2, -0.15) is 0 Å². The zero-order valence-corrected chi connectivity index (χ0v) is 11.3. The molecule has 3 heteroatoms. The zero-order valence-electron chi connectivity index (χ0n) is 11.3. The molecule has 0 aromatic heterocycles. The highest BCUT2D eigenvalue weighted by molar-refractivity contribution is 5.88. The summed E-state index contributed by atoms with van der Waals surface area (Å²) < 4.78 is 10.4. The normalized spacial score (nSPS) is 9.85. The van der Waals surface area contributed by atoms with Gasteiger partial charge in [-0.15, -0.1) is 0 Å². The summed E-state index contributed by atoms with van der Waals surface area (Å²) in [7, 11) is 0. The number of carbonyl (C=O) groups is 1. The minimum atomic E-state index is -0.574. The van der Waals surface area contributed by atoms with Crippen LogP contribution in [0.4, 0.5) is 0 Å². The van der Waals surface area contributed by atoms with Crippen LogP contribution < -0.4 is 4.74 Å². The van der Waals surface area contributed by atoms with Gasteiger partial charge in [-0.05, 0) is 25.1 Å². The van der Waals surface area contributed by atoms with E-state index in [1.54, 1.807) is 13.0 Å². The van der Waals surface area contributed by atoms with Crippen molar-refractivity contribution in [3.63, 3.8) is 0 Å². The van der Waals surface area contributed by atoms with Gasteiger partial charge in [0.25, 0.3) is 0 Å². The Bertz CT molecular complexity index is 603. The summed E-state index contributed by atoms with van der Waals surface area (Å²) in [5.41, 5.74) is 1.84. The van der Waals surface area contributed by atoms with Crippen molar-refractivity contribution >= 4 is 5.97 Å². The van der Waals surface area contributed by atoms with Crippen LogP contribution in [-0.4, -0.2) is 12.6 Å². The van der Waals surface area contributed by atoms with Crippen LogP contribution in [0, 0.1) is 0 Å². The zero-order chi connectivity index (χ0) is 14.4. The SMILES string of the molecule is C=C(OCC)C(=O)Oc1ccccc1-c1ccccc1. The fraction of sp³-hybridized carbons (Fsp3) is 0.118. The third kappa shape index (κ3) is 3.26. The van der Waals surface area contributed by atoms with Gasteiger partial charge in [-0.1, -0.05) is 48.5 Å². The maximum absolute atomic E-state index is 11.8. The number of ether oxygens (including phenoxy) is 2. The molecule has 2 aromatic carbocycles. The highest BCUT2D eigenvalue weighted by Crippen LogP contribution is 2.29. The van der Waals surface area contributed by atoms with Crippen LogP contribution in [0.5, 0.6) is 5.75 Å². The van der Waals surface area contributed by atoms with Crippen LogP contribution in [0.1, 0.15) is 6.92 Å². The summed E-state index contributed by atoms with van der Waals surface area (Å²) in [5, 5.41) is 0. The summed E-state index contributed by atoms with van der Waals surface area (Å²) in [5.74, 6) is -0.0739. The number of para-hydroxylation sites is 1. The third-order valence-electron chi connectivity index (χ3n) is 2.72.